The summed E-state index contributed by atoms with van der Waals surface area (Å²) in [7, 11) is 0. The monoisotopic (exact) mass is 450 g/mol. The van der Waals surface area contributed by atoms with Gasteiger partial charge in [0.05, 0.1) is 22.2 Å². The summed E-state index contributed by atoms with van der Waals surface area (Å²) >= 11 is 13.0. The third kappa shape index (κ3) is 5.26. The van der Waals surface area contributed by atoms with Crippen molar-refractivity contribution < 1.29 is 19.8 Å². The van der Waals surface area contributed by atoms with Crippen LogP contribution in [0.15, 0.2) is 48.5 Å². The number of hydrogen-bond acceptors (Lipinski definition) is 5. The Kier molecular flexibility index (Phi) is 6.74. The van der Waals surface area contributed by atoms with Crippen molar-refractivity contribution in [3.05, 3.63) is 69.0 Å². The number of aromatic carboxylic acids is 1. The maximum Gasteiger partial charge on any atom is 0.348 e. The van der Waals surface area contributed by atoms with Crippen LogP contribution in [-0.4, -0.2) is 33.7 Å². The van der Waals surface area contributed by atoms with Crippen LogP contribution in [0.1, 0.15) is 21.7 Å². The Balaban J connectivity index is 2.01. The van der Waals surface area contributed by atoms with Gasteiger partial charge in [-0.05, 0) is 17.7 Å². The van der Waals surface area contributed by atoms with Crippen molar-refractivity contribution in [2.24, 2.45) is 0 Å². The van der Waals surface area contributed by atoms with E-state index in [1.165, 1.54) is 0 Å². The Hall–Kier alpha value is -2.61. The standard InChI is InChI=1S/C20H16Cl2N2O4S/c21-14-7-6-13(10-15(14)22)17-18(19(27)28)29-20(23-17)24(9-8-16(25)26)11-12-4-2-1-3-5-12/h1-7,10H,8-9,11H2,(H,25,26)(H,27,28). The van der Waals surface area contributed by atoms with Crippen molar-refractivity contribution in [1.29, 1.82) is 0 Å². The Morgan fingerprint density at radius 2 is 1.76 bits per heavy atom. The fourth-order valence-corrected chi connectivity index (χ4v) is 3.95. The fourth-order valence-electron chi connectivity index (χ4n) is 2.70. The van der Waals surface area contributed by atoms with Gasteiger partial charge in [0.25, 0.3) is 0 Å². The van der Waals surface area contributed by atoms with E-state index >= 15 is 0 Å². The average molecular weight is 451 g/mol. The first-order valence-corrected chi connectivity index (χ1v) is 10.1. The first-order valence-electron chi connectivity index (χ1n) is 8.55. The zero-order valence-corrected chi connectivity index (χ0v) is 17.3. The topological polar surface area (TPSA) is 90.7 Å². The molecule has 0 aliphatic carbocycles. The van der Waals surface area contributed by atoms with Gasteiger partial charge in [0.1, 0.15) is 4.88 Å². The molecular formula is C20H16Cl2N2O4S. The van der Waals surface area contributed by atoms with E-state index in [0.29, 0.717) is 27.3 Å². The Morgan fingerprint density at radius 3 is 2.38 bits per heavy atom. The number of anilines is 1. The molecular weight excluding hydrogens is 435 g/mol. The van der Waals surface area contributed by atoms with E-state index in [1.807, 2.05) is 30.3 Å². The highest BCUT2D eigenvalue weighted by Crippen LogP contribution is 2.36. The zero-order chi connectivity index (χ0) is 21.0. The van der Waals surface area contributed by atoms with Crippen LogP contribution in [0.25, 0.3) is 11.3 Å². The maximum atomic E-state index is 11.8. The number of aromatic nitrogens is 1. The summed E-state index contributed by atoms with van der Waals surface area (Å²) in [5.41, 5.74) is 1.75. The second-order valence-corrected chi connectivity index (χ2v) is 7.95. The minimum atomic E-state index is -1.12. The third-order valence-electron chi connectivity index (χ3n) is 4.09. The van der Waals surface area contributed by atoms with Crippen LogP contribution >= 0.6 is 34.5 Å². The summed E-state index contributed by atoms with van der Waals surface area (Å²) < 4.78 is 0. The number of thiazole rings is 1. The Labute approximate surface area is 181 Å². The van der Waals surface area contributed by atoms with Gasteiger partial charge in [-0.25, -0.2) is 9.78 Å². The van der Waals surface area contributed by atoms with Crippen LogP contribution in [-0.2, 0) is 11.3 Å². The molecule has 3 aromatic rings. The summed E-state index contributed by atoms with van der Waals surface area (Å²) in [5, 5.41) is 19.8. The molecule has 150 valence electrons. The number of halogens is 2. The smallest absolute Gasteiger partial charge is 0.348 e. The van der Waals surface area contributed by atoms with Crippen LogP contribution in [0.5, 0.6) is 0 Å². The van der Waals surface area contributed by atoms with E-state index in [2.05, 4.69) is 4.98 Å². The lowest BCUT2D eigenvalue weighted by atomic mass is 10.1. The number of nitrogens with zero attached hydrogens (tertiary/aromatic N) is 2. The van der Waals surface area contributed by atoms with Crippen molar-refractivity contribution in [2.75, 3.05) is 11.4 Å². The third-order valence-corrected chi connectivity index (χ3v) is 5.93. The average Bonchev–Trinajstić information content (AvgIpc) is 3.13. The molecule has 29 heavy (non-hydrogen) atoms. The molecule has 3 rings (SSSR count). The second kappa shape index (κ2) is 9.26. The Morgan fingerprint density at radius 1 is 1.03 bits per heavy atom. The molecule has 2 N–H and O–H groups in total. The van der Waals surface area contributed by atoms with Crippen LogP contribution in [0.2, 0.25) is 10.0 Å². The molecule has 2 aromatic carbocycles. The predicted molar refractivity (Wildman–Crippen MR) is 114 cm³/mol. The number of carboxylic acid groups (broad SMARTS) is 2. The summed E-state index contributed by atoms with van der Waals surface area (Å²) in [6, 6.07) is 14.3. The van der Waals surface area contributed by atoms with Gasteiger partial charge < -0.3 is 15.1 Å². The van der Waals surface area contributed by atoms with E-state index in [1.54, 1.807) is 23.1 Å². The van der Waals surface area contributed by atoms with Gasteiger partial charge in [0, 0.05) is 18.7 Å². The van der Waals surface area contributed by atoms with E-state index in [4.69, 9.17) is 28.3 Å². The second-order valence-electron chi connectivity index (χ2n) is 6.16. The van der Waals surface area contributed by atoms with Crippen LogP contribution in [0.4, 0.5) is 5.13 Å². The molecule has 0 aliphatic rings. The molecule has 0 bridgehead atoms. The molecule has 6 nitrogen and oxygen atoms in total. The number of rotatable bonds is 8. The highest BCUT2D eigenvalue weighted by atomic mass is 35.5. The lowest BCUT2D eigenvalue weighted by molar-refractivity contribution is -0.136. The van der Waals surface area contributed by atoms with Gasteiger partial charge in [-0.15, -0.1) is 0 Å². The molecule has 1 heterocycles. The van der Waals surface area contributed by atoms with E-state index in [-0.39, 0.29) is 23.5 Å². The summed E-state index contributed by atoms with van der Waals surface area (Å²) in [6.07, 6.45) is -0.100. The molecule has 0 spiro atoms. The van der Waals surface area contributed by atoms with Crippen LogP contribution in [0.3, 0.4) is 0 Å². The lowest BCUT2D eigenvalue weighted by Gasteiger charge is -2.21. The van der Waals surface area contributed by atoms with E-state index in [0.717, 1.165) is 16.9 Å². The lowest BCUT2D eigenvalue weighted by Crippen LogP contribution is -2.25. The number of aliphatic carboxylic acids is 1. The minimum Gasteiger partial charge on any atom is -0.481 e. The van der Waals surface area contributed by atoms with Crippen LogP contribution < -0.4 is 4.90 Å². The Bertz CT molecular complexity index is 1040. The molecule has 0 atom stereocenters. The summed E-state index contributed by atoms with van der Waals surface area (Å²) in [5.74, 6) is -2.06. The molecule has 0 fully saturated rings. The van der Waals surface area contributed by atoms with Crippen molar-refractivity contribution in [3.8, 4) is 11.3 Å². The first-order chi connectivity index (χ1) is 13.8. The van der Waals surface area contributed by atoms with Gasteiger partial charge in [-0.1, -0.05) is 70.9 Å². The molecule has 0 unspecified atom stereocenters. The van der Waals surface area contributed by atoms with Crippen molar-refractivity contribution in [2.45, 2.75) is 13.0 Å². The SMILES string of the molecule is O=C(O)CCN(Cc1ccccc1)c1nc(-c2ccc(Cl)c(Cl)c2)c(C(=O)O)s1. The predicted octanol–water partition coefficient (Wildman–Crippen LogP) is 5.30. The fraction of sp³-hybridized carbons (Fsp3) is 0.150. The van der Waals surface area contributed by atoms with Gasteiger partial charge in [-0.3, -0.25) is 4.79 Å². The molecule has 1 aromatic heterocycles. The quantitative estimate of drug-likeness (QED) is 0.483. The molecule has 0 radical (unpaired) electrons. The van der Waals surface area contributed by atoms with E-state index < -0.39 is 11.9 Å². The molecule has 9 heteroatoms. The molecule has 0 saturated carbocycles. The van der Waals surface area contributed by atoms with Crippen molar-refractivity contribution in [3.63, 3.8) is 0 Å². The van der Waals surface area contributed by atoms with Crippen molar-refractivity contribution in [1.82, 2.24) is 4.98 Å². The van der Waals surface area contributed by atoms with Crippen LogP contribution in [0, 0.1) is 0 Å². The first kappa shape index (κ1) is 21.1. The van der Waals surface area contributed by atoms with Gasteiger partial charge in [0.15, 0.2) is 5.13 Å². The van der Waals surface area contributed by atoms with Gasteiger partial charge in [-0.2, -0.15) is 0 Å². The highest BCUT2D eigenvalue weighted by molar-refractivity contribution is 7.17. The van der Waals surface area contributed by atoms with Crippen molar-refractivity contribution >= 4 is 51.6 Å². The number of carbonyl (C=O) groups is 2. The minimum absolute atomic E-state index is 0.0479. The number of hydrogen-bond donors (Lipinski definition) is 2. The van der Waals surface area contributed by atoms with Gasteiger partial charge in [0.2, 0.25) is 0 Å². The molecule has 0 saturated heterocycles. The normalized spacial score (nSPS) is 10.7. The number of carboxylic acids is 2. The molecule has 0 amide bonds. The maximum absolute atomic E-state index is 11.8. The largest absolute Gasteiger partial charge is 0.481 e. The summed E-state index contributed by atoms with van der Waals surface area (Å²) in [4.78, 5) is 29.2. The zero-order valence-electron chi connectivity index (χ0n) is 15.0. The molecule has 0 aliphatic heterocycles. The number of benzene rings is 2. The van der Waals surface area contributed by atoms with Gasteiger partial charge >= 0.3 is 11.9 Å². The van der Waals surface area contributed by atoms with E-state index in [9.17, 15) is 14.7 Å². The highest BCUT2D eigenvalue weighted by Gasteiger charge is 2.23. The summed E-state index contributed by atoms with van der Waals surface area (Å²) in [6.45, 7) is 0.596.